The Balaban J connectivity index is 1.57. The Morgan fingerprint density at radius 3 is 2.70 bits per heavy atom. The van der Waals surface area contributed by atoms with E-state index in [4.69, 9.17) is 0 Å². The van der Waals surface area contributed by atoms with E-state index in [9.17, 15) is 14.9 Å². The molecule has 0 aliphatic carbocycles. The van der Waals surface area contributed by atoms with Crippen LogP contribution < -0.4 is 9.80 Å². The van der Waals surface area contributed by atoms with Crippen molar-refractivity contribution in [3.63, 3.8) is 0 Å². The molecule has 144 valence electrons. The number of nitrogens with zero attached hydrogens (tertiary/aromatic N) is 5. The van der Waals surface area contributed by atoms with Crippen LogP contribution in [0, 0.1) is 10.1 Å². The van der Waals surface area contributed by atoms with E-state index < -0.39 is 0 Å². The first kappa shape index (κ1) is 19.2. The van der Waals surface area contributed by atoms with Crippen LogP contribution in [0.2, 0.25) is 0 Å². The van der Waals surface area contributed by atoms with Crippen LogP contribution in [0.25, 0.3) is 0 Å². The van der Waals surface area contributed by atoms with Crippen molar-refractivity contribution in [3.8, 4) is 0 Å². The fourth-order valence-electron chi connectivity index (χ4n) is 3.18. The summed E-state index contributed by atoms with van der Waals surface area (Å²) in [5, 5.41) is 13.7. The molecule has 1 amide bonds. The van der Waals surface area contributed by atoms with E-state index in [0.29, 0.717) is 6.54 Å². The Hall–Kier alpha value is -2.52. The maximum atomic E-state index is 11.6. The van der Waals surface area contributed by atoms with Crippen LogP contribution in [-0.4, -0.2) is 53.4 Å². The van der Waals surface area contributed by atoms with Gasteiger partial charge in [0.05, 0.1) is 10.6 Å². The summed E-state index contributed by atoms with van der Waals surface area (Å²) in [5.41, 5.74) is 1.98. The number of hydrogen-bond donors (Lipinski definition) is 0. The predicted molar refractivity (Wildman–Crippen MR) is 106 cm³/mol. The minimum Gasteiger partial charge on any atom is -0.369 e. The molecule has 0 spiro atoms. The molecule has 0 atom stereocenters. The summed E-state index contributed by atoms with van der Waals surface area (Å²) in [5.74, 6) is 0.00367. The lowest BCUT2D eigenvalue weighted by atomic mass is 10.2. The van der Waals surface area contributed by atoms with Crippen molar-refractivity contribution < 1.29 is 9.72 Å². The largest absolute Gasteiger partial charge is 0.369 e. The van der Waals surface area contributed by atoms with Crippen LogP contribution in [0.1, 0.15) is 19.5 Å². The molecule has 1 aromatic carbocycles. The Labute approximate surface area is 162 Å². The van der Waals surface area contributed by atoms with Gasteiger partial charge < -0.3 is 4.90 Å². The molecule has 2 aromatic rings. The number of hydrogen-bond acceptors (Lipinski definition) is 7. The lowest BCUT2D eigenvalue weighted by Gasteiger charge is -2.35. The summed E-state index contributed by atoms with van der Waals surface area (Å²) >= 11 is 1.49. The van der Waals surface area contributed by atoms with Gasteiger partial charge in [0.2, 0.25) is 5.91 Å². The summed E-state index contributed by atoms with van der Waals surface area (Å²) < 4.78 is 0. The second-order valence-corrected chi connectivity index (χ2v) is 7.26. The van der Waals surface area contributed by atoms with Gasteiger partial charge in [0.15, 0.2) is 5.13 Å². The highest BCUT2D eigenvalue weighted by molar-refractivity contribution is 7.14. The number of nitro benzene ring substituents is 1. The van der Waals surface area contributed by atoms with E-state index in [2.05, 4.69) is 14.8 Å². The Morgan fingerprint density at radius 2 is 2.07 bits per heavy atom. The van der Waals surface area contributed by atoms with Crippen LogP contribution in [0.15, 0.2) is 29.6 Å². The number of non-ortho nitro benzene ring substituents is 1. The maximum absolute atomic E-state index is 11.6. The summed E-state index contributed by atoms with van der Waals surface area (Å²) in [4.78, 5) is 33.0. The number of carbonyl (C=O) groups is 1. The van der Waals surface area contributed by atoms with Crippen LogP contribution in [0.3, 0.4) is 0 Å². The molecule has 3 rings (SSSR count). The van der Waals surface area contributed by atoms with Gasteiger partial charge in [-0.15, -0.1) is 11.3 Å². The SMILES string of the molecule is CCN(C(C)=O)c1nc(CN2CCN(c3cccc([N+](=O)[O-])c3)CC2)cs1. The van der Waals surface area contributed by atoms with E-state index in [1.54, 1.807) is 24.0 Å². The number of benzene rings is 1. The molecule has 0 bridgehead atoms. The van der Waals surface area contributed by atoms with Gasteiger partial charge in [-0.25, -0.2) is 4.98 Å². The van der Waals surface area contributed by atoms with Crippen molar-refractivity contribution in [2.45, 2.75) is 20.4 Å². The molecule has 0 N–H and O–H groups in total. The monoisotopic (exact) mass is 389 g/mol. The Morgan fingerprint density at radius 1 is 1.33 bits per heavy atom. The van der Waals surface area contributed by atoms with Gasteiger partial charge in [0, 0.05) is 69.4 Å². The predicted octanol–water partition coefficient (Wildman–Crippen LogP) is 2.75. The van der Waals surface area contributed by atoms with E-state index in [1.165, 1.54) is 17.4 Å². The van der Waals surface area contributed by atoms with E-state index >= 15 is 0 Å². The zero-order chi connectivity index (χ0) is 19.4. The topological polar surface area (TPSA) is 82.8 Å². The average Bonchev–Trinajstić information content (AvgIpc) is 3.10. The molecule has 1 aliphatic heterocycles. The first-order valence-electron chi connectivity index (χ1n) is 8.92. The Bertz CT molecular complexity index is 817. The number of thiazole rings is 1. The third-order valence-corrected chi connectivity index (χ3v) is 5.54. The number of aromatic nitrogens is 1. The fourth-order valence-corrected chi connectivity index (χ4v) is 4.11. The molecule has 1 fully saturated rings. The summed E-state index contributed by atoms with van der Waals surface area (Å²) in [6, 6.07) is 6.78. The van der Waals surface area contributed by atoms with Crippen molar-refractivity contribution in [1.29, 1.82) is 0 Å². The van der Waals surface area contributed by atoms with Crippen molar-refractivity contribution >= 4 is 33.8 Å². The number of nitro groups is 1. The number of carbonyl (C=O) groups excluding carboxylic acids is 1. The van der Waals surface area contributed by atoms with Gasteiger partial charge in [-0.05, 0) is 13.0 Å². The van der Waals surface area contributed by atoms with E-state index in [-0.39, 0.29) is 16.5 Å². The minimum absolute atomic E-state index is 0.00367. The molecule has 2 heterocycles. The molecule has 27 heavy (non-hydrogen) atoms. The molecule has 0 saturated carbocycles. The highest BCUT2D eigenvalue weighted by Gasteiger charge is 2.20. The zero-order valence-corrected chi connectivity index (χ0v) is 16.3. The lowest BCUT2D eigenvalue weighted by Crippen LogP contribution is -2.46. The summed E-state index contributed by atoms with van der Waals surface area (Å²) in [6.45, 7) is 8.20. The van der Waals surface area contributed by atoms with Gasteiger partial charge in [0.1, 0.15) is 0 Å². The molecular weight excluding hydrogens is 366 g/mol. The van der Waals surface area contributed by atoms with Crippen LogP contribution in [0.5, 0.6) is 0 Å². The highest BCUT2D eigenvalue weighted by atomic mass is 32.1. The second kappa shape index (κ2) is 8.45. The standard InChI is InChI=1S/C18H23N5O3S/c1-3-22(14(2)24)18-19-15(13-27-18)12-20-7-9-21(10-8-20)16-5-4-6-17(11-16)23(25)26/h4-6,11,13H,3,7-10,12H2,1-2H3. The van der Waals surface area contributed by atoms with Crippen molar-refractivity contribution in [3.05, 3.63) is 45.5 Å². The lowest BCUT2D eigenvalue weighted by molar-refractivity contribution is -0.384. The maximum Gasteiger partial charge on any atom is 0.271 e. The van der Waals surface area contributed by atoms with Gasteiger partial charge in [-0.2, -0.15) is 0 Å². The third kappa shape index (κ3) is 4.61. The minimum atomic E-state index is -0.361. The van der Waals surface area contributed by atoms with Crippen LogP contribution >= 0.6 is 11.3 Å². The smallest absolute Gasteiger partial charge is 0.271 e. The quantitative estimate of drug-likeness (QED) is 0.558. The third-order valence-electron chi connectivity index (χ3n) is 4.63. The number of amides is 1. The van der Waals surface area contributed by atoms with Crippen LogP contribution in [-0.2, 0) is 11.3 Å². The summed E-state index contributed by atoms with van der Waals surface area (Å²) in [7, 11) is 0. The molecule has 9 heteroatoms. The van der Waals surface area contributed by atoms with Gasteiger partial charge >= 0.3 is 0 Å². The highest BCUT2D eigenvalue weighted by Crippen LogP contribution is 2.24. The first-order valence-corrected chi connectivity index (χ1v) is 9.80. The second-order valence-electron chi connectivity index (χ2n) is 6.42. The van der Waals surface area contributed by atoms with Gasteiger partial charge in [-0.3, -0.25) is 24.7 Å². The van der Waals surface area contributed by atoms with E-state index in [1.807, 2.05) is 18.4 Å². The molecule has 0 radical (unpaired) electrons. The molecular formula is C18H23N5O3S. The van der Waals surface area contributed by atoms with Crippen LogP contribution in [0.4, 0.5) is 16.5 Å². The molecule has 1 aliphatic rings. The van der Waals surface area contributed by atoms with Crippen molar-refractivity contribution in [2.75, 3.05) is 42.5 Å². The summed E-state index contributed by atoms with van der Waals surface area (Å²) in [6.07, 6.45) is 0. The number of piperazine rings is 1. The van der Waals surface area contributed by atoms with E-state index in [0.717, 1.165) is 49.2 Å². The normalized spacial score (nSPS) is 15.0. The zero-order valence-electron chi connectivity index (χ0n) is 15.5. The molecule has 8 nitrogen and oxygen atoms in total. The number of anilines is 2. The molecule has 1 saturated heterocycles. The molecule has 0 unspecified atom stereocenters. The molecule has 1 aromatic heterocycles. The van der Waals surface area contributed by atoms with Gasteiger partial charge in [0.25, 0.3) is 5.69 Å². The Kier molecular flexibility index (Phi) is 6.02. The fraction of sp³-hybridized carbons (Fsp3) is 0.444. The first-order chi connectivity index (χ1) is 13.0. The van der Waals surface area contributed by atoms with Gasteiger partial charge in [-0.1, -0.05) is 6.07 Å². The number of rotatable bonds is 6. The van der Waals surface area contributed by atoms with Crippen molar-refractivity contribution in [1.82, 2.24) is 9.88 Å². The van der Waals surface area contributed by atoms with Crippen molar-refractivity contribution in [2.24, 2.45) is 0 Å². The average molecular weight is 389 g/mol.